The Kier molecular flexibility index (Phi) is 4.62. The first-order valence-electron chi connectivity index (χ1n) is 4.60. The molecule has 88 valence electrons. The van der Waals surface area contributed by atoms with E-state index in [2.05, 4.69) is 15.3 Å². The molecule has 0 aliphatic carbocycles. The Labute approximate surface area is 92.1 Å². The van der Waals surface area contributed by atoms with E-state index in [4.69, 9.17) is 9.84 Å². The average Bonchev–Trinajstić information content (AvgIpc) is 2.27. The number of hydrogen-bond donors (Lipinski definition) is 3. The number of aliphatic hydroxyl groups is 1. The van der Waals surface area contributed by atoms with Gasteiger partial charge in [-0.05, 0) is 0 Å². The maximum absolute atomic E-state index is 10.8. The highest BCUT2D eigenvalue weighted by molar-refractivity contribution is 5.90. The van der Waals surface area contributed by atoms with E-state index in [1.165, 1.54) is 19.5 Å². The minimum absolute atomic E-state index is 0.130. The summed E-state index contributed by atoms with van der Waals surface area (Å²) in [6.07, 6.45) is 1.94. The second kappa shape index (κ2) is 5.99. The number of nitrogens with one attached hydrogen (secondary N) is 1. The molecule has 7 heteroatoms. The molecule has 1 atom stereocenters. The van der Waals surface area contributed by atoms with E-state index in [9.17, 15) is 9.90 Å². The van der Waals surface area contributed by atoms with Gasteiger partial charge in [-0.25, -0.2) is 14.8 Å². The Morgan fingerprint density at radius 1 is 1.56 bits per heavy atom. The van der Waals surface area contributed by atoms with E-state index in [0.29, 0.717) is 0 Å². The highest BCUT2D eigenvalue weighted by Gasteiger charge is 2.13. The number of nitrogens with zero attached hydrogens (tertiary/aromatic N) is 2. The number of carboxylic acids is 1. The fraction of sp³-hybridized carbons (Fsp3) is 0.444. The standard InChI is InChI=1S/C9H13N3O4/c1-16-5-6(13)4-12-8-7(9(14)15)10-2-3-11-8/h2-3,6,13H,4-5H2,1H3,(H,11,12)(H,14,15). The van der Waals surface area contributed by atoms with Crippen LogP contribution in [0.1, 0.15) is 10.5 Å². The quantitative estimate of drug-likeness (QED) is 0.607. The van der Waals surface area contributed by atoms with Crippen LogP contribution < -0.4 is 5.32 Å². The third-order valence-electron chi connectivity index (χ3n) is 1.77. The summed E-state index contributed by atoms with van der Waals surface area (Å²) in [5.41, 5.74) is -0.174. The number of aliphatic hydroxyl groups excluding tert-OH is 1. The predicted molar refractivity (Wildman–Crippen MR) is 55.4 cm³/mol. The summed E-state index contributed by atoms with van der Waals surface area (Å²) in [5, 5.41) is 20.9. The summed E-state index contributed by atoms with van der Waals surface area (Å²) in [5.74, 6) is -1.04. The average molecular weight is 227 g/mol. The first kappa shape index (κ1) is 12.3. The minimum atomic E-state index is -1.17. The maximum Gasteiger partial charge on any atom is 0.358 e. The summed E-state index contributed by atoms with van der Waals surface area (Å²) in [4.78, 5) is 18.3. The van der Waals surface area contributed by atoms with E-state index in [-0.39, 0.29) is 24.7 Å². The molecule has 0 aliphatic rings. The predicted octanol–water partition coefficient (Wildman–Crippen LogP) is -0.406. The van der Waals surface area contributed by atoms with Gasteiger partial charge in [0.15, 0.2) is 11.5 Å². The molecule has 0 spiro atoms. The number of carboxylic acid groups (broad SMARTS) is 1. The summed E-state index contributed by atoms with van der Waals surface area (Å²) in [6, 6.07) is 0. The lowest BCUT2D eigenvalue weighted by Crippen LogP contribution is -2.25. The van der Waals surface area contributed by atoms with Crippen molar-refractivity contribution in [2.24, 2.45) is 0 Å². The first-order chi connectivity index (χ1) is 7.65. The van der Waals surface area contributed by atoms with Crippen LogP contribution in [0, 0.1) is 0 Å². The van der Waals surface area contributed by atoms with Gasteiger partial charge in [-0.2, -0.15) is 0 Å². The number of carbonyl (C=O) groups is 1. The van der Waals surface area contributed by atoms with Crippen molar-refractivity contribution in [3.05, 3.63) is 18.1 Å². The zero-order valence-electron chi connectivity index (χ0n) is 8.75. The maximum atomic E-state index is 10.8. The van der Waals surface area contributed by atoms with Gasteiger partial charge in [0.25, 0.3) is 0 Å². The summed E-state index contributed by atoms with van der Waals surface area (Å²) in [6.45, 7) is 0.308. The Morgan fingerprint density at radius 2 is 2.25 bits per heavy atom. The molecule has 0 aromatic carbocycles. The molecule has 0 radical (unpaired) electrons. The van der Waals surface area contributed by atoms with Gasteiger partial charge in [-0.1, -0.05) is 0 Å². The molecule has 0 fully saturated rings. The second-order valence-corrected chi connectivity index (χ2v) is 3.05. The fourth-order valence-electron chi connectivity index (χ4n) is 1.09. The van der Waals surface area contributed by atoms with E-state index in [1.807, 2.05) is 0 Å². The van der Waals surface area contributed by atoms with Crippen LogP contribution >= 0.6 is 0 Å². The Balaban J connectivity index is 2.63. The van der Waals surface area contributed by atoms with Gasteiger partial charge in [0.05, 0.1) is 12.7 Å². The Bertz CT molecular complexity index is 358. The van der Waals surface area contributed by atoms with Crippen LogP contribution in [0.5, 0.6) is 0 Å². The molecule has 0 amide bonds. The molecular weight excluding hydrogens is 214 g/mol. The molecular formula is C9H13N3O4. The van der Waals surface area contributed by atoms with Crippen molar-refractivity contribution in [1.29, 1.82) is 0 Å². The lowest BCUT2D eigenvalue weighted by molar-refractivity contribution is 0.0687. The highest BCUT2D eigenvalue weighted by Crippen LogP contribution is 2.07. The fourth-order valence-corrected chi connectivity index (χ4v) is 1.09. The molecule has 1 aromatic heterocycles. The minimum Gasteiger partial charge on any atom is -0.476 e. The third-order valence-corrected chi connectivity index (χ3v) is 1.77. The lowest BCUT2D eigenvalue weighted by Gasteiger charge is -2.11. The van der Waals surface area contributed by atoms with E-state index < -0.39 is 12.1 Å². The normalized spacial score (nSPS) is 12.1. The summed E-state index contributed by atoms with van der Waals surface area (Å²) >= 11 is 0. The van der Waals surface area contributed by atoms with Crippen LogP contribution in [-0.4, -0.2) is 52.5 Å². The lowest BCUT2D eigenvalue weighted by atomic mass is 10.3. The van der Waals surface area contributed by atoms with Crippen LogP contribution in [0.25, 0.3) is 0 Å². The SMILES string of the molecule is COCC(O)CNc1nccnc1C(=O)O. The van der Waals surface area contributed by atoms with Crippen LogP contribution in [-0.2, 0) is 4.74 Å². The largest absolute Gasteiger partial charge is 0.476 e. The number of aromatic nitrogens is 2. The van der Waals surface area contributed by atoms with Gasteiger partial charge in [-0.15, -0.1) is 0 Å². The summed E-state index contributed by atoms with van der Waals surface area (Å²) in [7, 11) is 1.47. The van der Waals surface area contributed by atoms with Gasteiger partial charge in [0.1, 0.15) is 0 Å². The van der Waals surface area contributed by atoms with Crippen LogP contribution in [0.2, 0.25) is 0 Å². The molecule has 0 saturated carbocycles. The van der Waals surface area contributed by atoms with Gasteiger partial charge >= 0.3 is 5.97 Å². The van der Waals surface area contributed by atoms with Crippen molar-refractivity contribution in [3.8, 4) is 0 Å². The van der Waals surface area contributed by atoms with E-state index >= 15 is 0 Å². The number of rotatable bonds is 6. The van der Waals surface area contributed by atoms with Crippen LogP contribution in [0.3, 0.4) is 0 Å². The van der Waals surface area contributed by atoms with Crippen molar-refractivity contribution >= 4 is 11.8 Å². The smallest absolute Gasteiger partial charge is 0.358 e. The van der Waals surface area contributed by atoms with Crippen molar-refractivity contribution in [2.75, 3.05) is 25.6 Å². The first-order valence-corrected chi connectivity index (χ1v) is 4.60. The molecule has 1 aromatic rings. The third kappa shape index (κ3) is 3.44. The van der Waals surface area contributed by atoms with Crippen molar-refractivity contribution in [3.63, 3.8) is 0 Å². The summed E-state index contributed by atoms with van der Waals surface area (Å²) < 4.78 is 4.73. The molecule has 1 heterocycles. The van der Waals surface area contributed by atoms with Gasteiger partial charge in [-0.3, -0.25) is 0 Å². The van der Waals surface area contributed by atoms with Gasteiger partial charge in [0.2, 0.25) is 0 Å². The monoisotopic (exact) mass is 227 g/mol. The van der Waals surface area contributed by atoms with Crippen LogP contribution in [0.4, 0.5) is 5.82 Å². The van der Waals surface area contributed by atoms with E-state index in [1.54, 1.807) is 0 Å². The molecule has 1 unspecified atom stereocenters. The van der Waals surface area contributed by atoms with Crippen molar-refractivity contribution < 1.29 is 19.7 Å². The number of anilines is 1. The topological polar surface area (TPSA) is 105 Å². The number of methoxy groups -OCH3 is 1. The number of aromatic carboxylic acids is 1. The molecule has 3 N–H and O–H groups in total. The number of hydrogen-bond acceptors (Lipinski definition) is 6. The van der Waals surface area contributed by atoms with Gasteiger partial charge in [0, 0.05) is 26.0 Å². The van der Waals surface area contributed by atoms with E-state index in [0.717, 1.165) is 0 Å². The van der Waals surface area contributed by atoms with Crippen molar-refractivity contribution in [1.82, 2.24) is 9.97 Å². The molecule has 7 nitrogen and oxygen atoms in total. The molecule has 16 heavy (non-hydrogen) atoms. The Morgan fingerprint density at radius 3 is 2.88 bits per heavy atom. The molecule has 0 aliphatic heterocycles. The molecule has 0 bridgehead atoms. The zero-order chi connectivity index (χ0) is 12.0. The highest BCUT2D eigenvalue weighted by atomic mass is 16.5. The molecule has 0 saturated heterocycles. The second-order valence-electron chi connectivity index (χ2n) is 3.05. The number of ether oxygens (including phenoxy) is 1. The van der Waals surface area contributed by atoms with Crippen LogP contribution in [0.15, 0.2) is 12.4 Å². The van der Waals surface area contributed by atoms with Crippen molar-refractivity contribution in [2.45, 2.75) is 6.10 Å². The van der Waals surface area contributed by atoms with Gasteiger partial charge < -0.3 is 20.3 Å². The molecule has 1 rings (SSSR count). The zero-order valence-corrected chi connectivity index (χ0v) is 8.75. The Hall–Kier alpha value is -1.73.